The Bertz CT molecular complexity index is 529. The molecule has 9 heteroatoms. The van der Waals surface area contributed by atoms with Crippen molar-refractivity contribution in [1.29, 1.82) is 0 Å². The standard InChI is InChI=1S/C10H16N4O3S2/c1-19(16,17)14-5-2-3-8(7-14)12-9(15)13-10-11-4-6-18-10/h4,6,8H,2-3,5,7H2,1H3,(H2,11,12,13,15). The van der Waals surface area contributed by atoms with E-state index in [1.165, 1.54) is 21.9 Å². The number of thiazole rings is 1. The highest BCUT2D eigenvalue weighted by Gasteiger charge is 2.26. The fraction of sp³-hybridized carbons (Fsp3) is 0.600. The number of piperidine rings is 1. The topological polar surface area (TPSA) is 91.4 Å². The third kappa shape index (κ3) is 4.15. The highest BCUT2D eigenvalue weighted by molar-refractivity contribution is 7.88. The van der Waals surface area contributed by atoms with Gasteiger partial charge < -0.3 is 5.32 Å². The van der Waals surface area contributed by atoms with Crippen molar-refractivity contribution >= 4 is 32.5 Å². The first-order chi connectivity index (χ1) is 8.95. The number of aromatic nitrogens is 1. The van der Waals surface area contributed by atoms with Gasteiger partial charge in [0.1, 0.15) is 0 Å². The summed E-state index contributed by atoms with van der Waals surface area (Å²) in [7, 11) is -3.19. The normalized spacial score (nSPS) is 21.0. The molecule has 1 aromatic rings. The minimum atomic E-state index is -3.19. The molecule has 0 spiro atoms. The van der Waals surface area contributed by atoms with Crippen LogP contribution in [0.25, 0.3) is 0 Å². The Morgan fingerprint density at radius 3 is 3.00 bits per heavy atom. The highest BCUT2D eigenvalue weighted by Crippen LogP contribution is 2.14. The zero-order valence-corrected chi connectivity index (χ0v) is 12.1. The smallest absolute Gasteiger partial charge is 0.321 e. The first-order valence-corrected chi connectivity index (χ1v) is 8.60. The molecule has 2 rings (SSSR count). The van der Waals surface area contributed by atoms with E-state index in [1.807, 2.05) is 0 Å². The van der Waals surface area contributed by atoms with Crippen molar-refractivity contribution in [1.82, 2.24) is 14.6 Å². The summed E-state index contributed by atoms with van der Waals surface area (Å²) in [5.74, 6) is 0. The summed E-state index contributed by atoms with van der Waals surface area (Å²) in [6.45, 7) is 0.842. The molecule has 1 aliphatic heterocycles. The molecule has 1 unspecified atom stereocenters. The number of rotatable bonds is 3. The Morgan fingerprint density at radius 2 is 2.37 bits per heavy atom. The molecule has 1 aliphatic rings. The van der Waals surface area contributed by atoms with Crippen LogP contribution in [0.4, 0.5) is 9.93 Å². The number of hydrogen-bond donors (Lipinski definition) is 2. The van der Waals surface area contributed by atoms with E-state index in [0.717, 1.165) is 12.8 Å². The molecule has 19 heavy (non-hydrogen) atoms. The molecule has 0 radical (unpaired) electrons. The molecule has 1 atom stereocenters. The van der Waals surface area contributed by atoms with Crippen LogP contribution < -0.4 is 10.6 Å². The van der Waals surface area contributed by atoms with Gasteiger partial charge in [0.25, 0.3) is 0 Å². The van der Waals surface area contributed by atoms with Crippen LogP contribution >= 0.6 is 11.3 Å². The number of nitrogens with one attached hydrogen (secondary N) is 2. The largest absolute Gasteiger partial charge is 0.334 e. The van der Waals surface area contributed by atoms with Crippen LogP contribution in [0.3, 0.4) is 0 Å². The van der Waals surface area contributed by atoms with Gasteiger partial charge in [-0.1, -0.05) is 0 Å². The second-order valence-electron chi connectivity index (χ2n) is 4.40. The third-order valence-corrected chi connectivity index (χ3v) is 4.80. The van der Waals surface area contributed by atoms with E-state index in [9.17, 15) is 13.2 Å². The average Bonchev–Trinajstić information content (AvgIpc) is 2.80. The third-order valence-electron chi connectivity index (χ3n) is 2.84. The number of carbonyl (C=O) groups excluding carboxylic acids is 1. The lowest BCUT2D eigenvalue weighted by molar-refractivity contribution is 0.236. The lowest BCUT2D eigenvalue weighted by Gasteiger charge is -2.31. The number of urea groups is 1. The van der Waals surface area contributed by atoms with Gasteiger partial charge in [-0.25, -0.2) is 22.5 Å². The van der Waals surface area contributed by atoms with Gasteiger partial charge in [0.05, 0.1) is 6.26 Å². The summed E-state index contributed by atoms with van der Waals surface area (Å²) in [5.41, 5.74) is 0. The van der Waals surface area contributed by atoms with Crippen LogP contribution in [0.15, 0.2) is 11.6 Å². The lowest BCUT2D eigenvalue weighted by atomic mass is 10.1. The first kappa shape index (κ1) is 14.2. The van der Waals surface area contributed by atoms with E-state index in [4.69, 9.17) is 0 Å². The SMILES string of the molecule is CS(=O)(=O)N1CCCC(NC(=O)Nc2nccs2)C1. The molecule has 2 amide bonds. The number of hydrogen-bond acceptors (Lipinski definition) is 5. The fourth-order valence-electron chi connectivity index (χ4n) is 1.97. The summed E-state index contributed by atoms with van der Waals surface area (Å²) in [6, 6.07) is -0.515. The maximum atomic E-state index is 11.7. The van der Waals surface area contributed by atoms with E-state index < -0.39 is 10.0 Å². The minimum Gasteiger partial charge on any atom is -0.334 e. The molecule has 2 heterocycles. The average molecular weight is 304 g/mol. The fourth-order valence-corrected chi connectivity index (χ4v) is 3.40. The second-order valence-corrected chi connectivity index (χ2v) is 7.27. The predicted octanol–water partition coefficient (Wildman–Crippen LogP) is 0.689. The van der Waals surface area contributed by atoms with Crippen LogP contribution in [-0.4, -0.2) is 49.1 Å². The molecule has 0 aromatic carbocycles. The van der Waals surface area contributed by atoms with Crippen LogP contribution in [0.2, 0.25) is 0 Å². The molecule has 0 saturated carbocycles. The van der Waals surface area contributed by atoms with Gasteiger partial charge in [-0.15, -0.1) is 11.3 Å². The molecule has 2 N–H and O–H groups in total. The number of anilines is 1. The van der Waals surface area contributed by atoms with Crippen molar-refractivity contribution < 1.29 is 13.2 Å². The molecular formula is C10H16N4O3S2. The van der Waals surface area contributed by atoms with E-state index in [-0.39, 0.29) is 12.1 Å². The monoisotopic (exact) mass is 304 g/mol. The Morgan fingerprint density at radius 1 is 1.58 bits per heavy atom. The van der Waals surface area contributed by atoms with Gasteiger partial charge in [0.15, 0.2) is 5.13 Å². The van der Waals surface area contributed by atoms with Gasteiger partial charge in [0, 0.05) is 30.7 Å². The Labute approximate surface area is 116 Å². The summed E-state index contributed by atoms with van der Waals surface area (Å²) < 4.78 is 24.3. The van der Waals surface area contributed by atoms with E-state index in [2.05, 4.69) is 15.6 Å². The highest BCUT2D eigenvalue weighted by atomic mass is 32.2. The number of nitrogens with zero attached hydrogens (tertiary/aromatic N) is 2. The molecule has 1 fully saturated rings. The molecule has 0 bridgehead atoms. The van der Waals surface area contributed by atoms with Crippen LogP contribution in [0.1, 0.15) is 12.8 Å². The van der Waals surface area contributed by atoms with Crippen molar-refractivity contribution in [2.75, 3.05) is 24.7 Å². The Balaban J connectivity index is 1.87. The summed E-state index contributed by atoms with van der Waals surface area (Å²) >= 11 is 1.33. The van der Waals surface area contributed by atoms with Crippen molar-refractivity contribution in [3.05, 3.63) is 11.6 Å². The number of amides is 2. The number of carbonyl (C=O) groups is 1. The van der Waals surface area contributed by atoms with E-state index >= 15 is 0 Å². The molecule has 1 aromatic heterocycles. The summed E-state index contributed by atoms with van der Waals surface area (Å²) in [4.78, 5) is 15.7. The maximum absolute atomic E-state index is 11.7. The Hall–Kier alpha value is -1.19. The van der Waals surface area contributed by atoms with Gasteiger partial charge in [-0.05, 0) is 12.8 Å². The molecule has 7 nitrogen and oxygen atoms in total. The Kier molecular flexibility index (Phi) is 4.38. The zero-order valence-electron chi connectivity index (χ0n) is 10.5. The zero-order chi connectivity index (χ0) is 13.9. The first-order valence-electron chi connectivity index (χ1n) is 5.87. The molecule has 106 valence electrons. The van der Waals surface area contributed by atoms with Crippen molar-refractivity contribution in [2.24, 2.45) is 0 Å². The van der Waals surface area contributed by atoms with Gasteiger partial charge in [0.2, 0.25) is 10.0 Å². The van der Waals surface area contributed by atoms with Gasteiger partial charge in [-0.3, -0.25) is 5.32 Å². The predicted molar refractivity (Wildman–Crippen MR) is 73.7 cm³/mol. The van der Waals surface area contributed by atoms with Gasteiger partial charge in [-0.2, -0.15) is 0 Å². The lowest BCUT2D eigenvalue weighted by Crippen LogP contribution is -2.50. The summed E-state index contributed by atoms with van der Waals surface area (Å²) in [5, 5.41) is 7.67. The van der Waals surface area contributed by atoms with Gasteiger partial charge >= 0.3 is 6.03 Å². The summed E-state index contributed by atoms with van der Waals surface area (Å²) in [6.07, 6.45) is 4.31. The van der Waals surface area contributed by atoms with Crippen LogP contribution in [0, 0.1) is 0 Å². The maximum Gasteiger partial charge on any atom is 0.321 e. The second kappa shape index (κ2) is 5.85. The van der Waals surface area contributed by atoms with E-state index in [1.54, 1.807) is 11.6 Å². The van der Waals surface area contributed by atoms with Crippen molar-refractivity contribution in [3.63, 3.8) is 0 Å². The number of sulfonamides is 1. The van der Waals surface area contributed by atoms with Crippen molar-refractivity contribution in [3.8, 4) is 0 Å². The molecular weight excluding hydrogens is 288 g/mol. The quantitative estimate of drug-likeness (QED) is 0.859. The van der Waals surface area contributed by atoms with Crippen LogP contribution in [0.5, 0.6) is 0 Å². The molecule has 0 aliphatic carbocycles. The van der Waals surface area contributed by atoms with Crippen LogP contribution in [-0.2, 0) is 10.0 Å². The molecule has 1 saturated heterocycles. The van der Waals surface area contributed by atoms with Crippen molar-refractivity contribution in [2.45, 2.75) is 18.9 Å². The minimum absolute atomic E-state index is 0.163. The van der Waals surface area contributed by atoms with E-state index in [0.29, 0.717) is 18.2 Å².